The van der Waals surface area contributed by atoms with Crippen LogP contribution in [0.2, 0.25) is 0 Å². The van der Waals surface area contributed by atoms with Gasteiger partial charge in [-0.25, -0.2) is 0 Å². The van der Waals surface area contributed by atoms with Crippen LogP contribution in [0.5, 0.6) is 0 Å². The van der Waals surface area contributed by atoms with Crippen molar-refractivity contribution in [3.8, 4) is 0 Å². The van der Waals surface area contributed by atoms with Crippen molar-refractivity contribution >= 4 is 41.7 Å². The van der Waals surface area contributed by atoms with Gasteiger partial charge in [0.05, 0.1) is 0 Å². The van der Waals surface area contributed by atoms with Gasteiger partial charge in [0.1, 0.15) is 0 Å². The summed E-state index contributed by atoms with van der Waals surface area (Å²) in [4.78, 5) is 4.42. The molecule has 4 nitrogen and oxygen atoms in total. The Morgan fingerprint density at radius 3 is 2.42 bits per heavy atom. The van der Waals surface area contributed by atoms with Crippen LogP contribution < -0.4 is 10.6 Å². The monoisotopic (exact) mass is 469 g/mol. The number of thioether (sulfide) groups is 1. The van der Waals surface area contributed by atoms with Gasteiger partial charge in [0.15, 0.2) is 5.96 Å². The molecule has 0 aromatic rings. The molecule has 2 fully saturated rings. The van der Waals surface area contributed by atoms with Gasteiger partial charge in [-0.1, -0.05) is 12.8 Å². The lowest BCUT2D eigenvalue weighted by Gasteiger charge is -2.31. The number of hydrogen-bond acceptors (Lipinski definition) is 3. The first-order chi connectivity index (χ1) is 11.1. The molecule has 0 spiro atoms. The van der Waals surface area contributed by atoms with Crippen LogP contribution in [0.25, 0.3) is 0 Å². The van der Waals surface area contributed by atoms with E-state index in [1.54, 1.807) is 0 Å². The molecule has 0 aromatic carbocycles. The smallest absolute Gasteiger partial charge is 0.191 e. The summed E-state index contributed by atoms with van der Waals surface area (Å²) in [6, 6.07) is 0. The number of halogens is 1. The van der Waals surface area contributed by atoms with E-state index < -0.39 is 0 Å². The van der Waals surface area contributed by atoms with E-state index in [0.717, 1.165) is 32.3 Å². The van der Waals surface area contributed by atoms with Crippen molar-refractivity contribution in [3.63, 3.8) is 0 Å². The molecule has 1 aliphatic carbocycles. The first kappa shape index (κ1) is 22.4. The largest absolute Gasteiger partial charge is 0.382 e. The zero-order chi connectivity index (χ0) is 16.6. The number of guanidine groups is 1. The number of aliphatic imine (C=N–C) groups is 1. The minimum atomic E-state index is 0. The Hall–Kier alpha value is 0.310. The van der Waals surface area contributed by atoms with Gasteiger partial charge in [0.25, 0.3) is 0 Å². The van der Waals surface area contributed by atoms with E-state index in [0.29, 0.717) is 10.2 Å². The Kier molecular flexibility index (Phi) is 10.4. The molecule has 6 heteroatoms. The van der Waals surface area contributed by atoms with Crippen molar-refractivity contribution < 1.29 is 4.74 Å². The first-order valence-electron chi connectivity index (χ1n) is 9.28. The summed E-state index contributed by atoms with van der Waals surface area (Å²) in [5.41, 5.74) is 0.402. The van der Waals surface area contributed by atoms with Gasteiger partial charge in [0.2, 0.25) is 0 Å². The van der Waals surface area contributed by atoms with Crippen LogP contribution in [0.3, 0.4) is 0 Å². The van der Waals surface area contributed by atoms with Gasteiger partial charge in [0, 0.05) is 38.1 Å². The lowest BCUT2D eigenvalue weighted by atomic mass is 9.83. The number of rotatable bonds is 8. The second-order valence-electron chi connectivity index (χ2n) is 7.34. The molecule has 1 atom stereocenters. The average Bonchev–Trinajstić information content (AvgIpc) is 3.18. The van der Waals surface area contributed by atoms with Crippen molar-refractivity contribution in [2.75, 3.05) is 39.1 Å². The summed E-state index contributed by atoms with van der Waals surface area (Å²) in [7, 11) is 1.88. The van der Waals surface area contributed by atoms with Gasteiger partial charge < -0.3 is 15.4 Å². The summed E-state index contributed by atoms with van der Waals surface area (Å²) in [6.07, 6.45) is 9.16. The molecule has 1 saturated carbocycles. The molecule has 1 aliphatic heterocycles. The van der Waals surface area contributed by atoms with Crippen LogP contribution in [0, 0.1) is 5.41 Å². The maximum Gasteiger partial charge on any atom is 0.191 e. The van der Waals surface area contributed by atoms with E-state index in [-0.39, 0.29) is 24.0 Å². The summed E-state index contributed by atoms with van der Waals surface area (Å²) in [6.45, 7) is 8.17. The number of ether oxygens (including phenoxy) is 1. The second kappa shape index (κ2) is 11.1. The molecule has 2 aliphatic rings. The van der Waals surface area contributed by atoms with Crippen LogP contribution in [-0.4, -0.2) is 49.8 Å². The molecule has 142 valence electrons. The lowest BCUT2D eigenvalue weighted by Crippen LogP contribution is -2.46. The molecule has 0 bridgehead atoms. The van der Waals surface area contributed by atoms with Gasteiger partial charge in [-0.15, -0.1) is 24.0 Å². The van der Waals surface area contributed by atoms with Gasteiger partial charge in [-0.05, 0) is 57.1 Å². The fourth-order valence-corrected chi connectivity index (χ4v) is 5.06. The van der Waals surface area contributed by atoms with Crippen LogP contribution in [0.15, 0.2) is 4.99 Å². The summed E-state index contributed by atoms with van der Waals surface area (Å²) < 4.78 is 5.98. The number of hydrogen-bond donors (Lipinski definition) is 2. The molecule has 0 radical (unpaired) electrons. The minimum absolute atomic E-state index is 0. The second-order valence-corrected chi connectivity index (χ2v) is 9.02. The highest BCUT2D eigenvalue weighted by molar-refractivity contribution is 14.0. The van der Waals surface area contributed by atoms with Crippen LogP contribution in [-0.2, 0) is 4.74 Å². The molecule has 1 heterocycles. The fourth-order valence-electron chi connectivity index (χ4n) is 3.81. The predicted molar refractivity (Wildman–Crippen MR) is 117 cm³/mol. The standard InChI is InChI=1S/C18H35N3OS.HI/c1-4-22-12-11-18(9-5-6-10-18)15-21-16(19-3)20-14-17(2)8-7-13-23-17;/h4-15H2,1-3H3,(H2,19,20,21);1H. The lowest BCUT2D eigenvalue weighted by molar-refractivity contribution is 0.105. The number of nitrogens with zero attached hydrogens (tertiary/aromatic N) is 1. The third kappa shape index (κ3) is 6.90. The van der Waals surface area contributed by atoms with Crippen LogP contribution >= 0.6 is 35.7 Å². The molecular weight excluding hydrogens is 433 g/mol. The molecular formula is C18H36IN3OS. The van der Waals surface area contributed by atoms with E-state index in [1.807, 2.05) is 7.05 Å². The predicted octanol–water partition coefficient (Wildman–Crippen LogP) is 4.04. The third-order valence-corrected chi connectivity index (χ3v) is 6.97. The van der Waals surface area contributed by atoms with Crippen LogP contribution in [0.4, 0.5) is 0 Å². The van der Waals surface area contributed by atoms with Gasteiger partial charge in [-0.3, -0.25) is 4.99 Å². The molecule has 0 amide bonds. The molecule has 1 unspecified atom stereocenters. The molecule has 0 aromatic heterocycles. The van der Waals surface area contributed by atoms with E-state index >= 15 is 0 Å². The highest BCUT2D eigenvalue weighted by Gasteiger charge is 2.34. The molecule has 2 N–H and O–H groups in total. The van der Waals surface area contributed by atoms with E-state index in [4.69, 9.17) is 4.74 Å². The Morgan fingerprint density at radius 2 is 1.83 bits per heavy atom. The zero-order valence-electron chi connectivity index (χ0n) is 15.7. The maximum atomic E-state index is 5.61. The maximum absolute atomic E-state index is 5.61. The third-order valence-electron chi connectivity index (χ3n) is 5.43. The van der Waals surface area contributed by atoms with Crippen LogP contribution in [0.1, 0.15) is 58.8 Å². The van der Waals surface area contributed by atoms with Crippen molar-refractivity contribution in [3.05, 3.63) is 0 Å². The van der Waals surface area contributed by atoms with Crippen molar-refractivity contribution in [1.29, 1.82) is 0 Å². The highest BCUT2D eigenvalue weighted by Crippen LogP contribution is 2.40. The molecule has 1 saturated heterocycles. The Morgan fingerprint density at radius 1 is 1.12 bits per heavy atom. The van der Waals surface area contributed by atoms with E-state index in [1.165, 1.54) is 50.7 Å². The summed E-state index contributed by atoms with van der Waals surface area (Å²) in [5.74, 6) is 2.26. The summed E-state index contributed by atoms with van der Waals surface area (Å²) >= 11 is 2.09. The van der Waals surface area contributed by atoms with Gasteiger partial charge >= 0.3 is 0 Å². The first-order valence-corrected chi connectivity index (χ1v) is 10.3. The normalized spacial score (nSPS) is 26.2. The summed E-state index contributed by atoms with van der Waals surface area (Å²) in [5, 5.41) is 7.14. The topological polar surface area (TPSA) is 45.6 Å². The molecule has 24 heavy (non-hydrogen) atoms. The minimum Gasteiger partial charge on any atom is -0.382 e. The fraction of sp³-hybridized carbons (Fsp3) is 0.944. The Bertz CT molecular complexity index is 380. The number of nitrogens with one attached hydrogen (secondary N) is 2. The zero-order valence-corrected chi connectivity index (χ0v) is 18.8. The van der Waals surface area contributed by atoms with E-state index in [2.05, 4.69) is 41.2 Å². The SMILES string of the molecule is CCOCCC1(CNC(=NC)NCC2(C)CCCS2)CCCC1.I. The Labute approximate surface area is 169 Å². The van der Waals surface area contributed by atoms with Crippen molar-refractivity contribution in [1.82, 2.24) is 10.6 Å². The molecule has 2 rings (SSSR count). The highest BCUT2D eigenvalue weighted by atomic mass is 127. The van der Waals surface area contributed by atoms with E-state index in [9.17, 15) is 0 Å². The van der Waals surface area contributed by atoms with Gasteiger partial charge in [-0.2, -0.15) is 11.8 Å². The average molecular weight is 469 g/mol. The Balaban J connectivity index is 0.00000288. The van der Waals surface area contributed by atoms with Crippen molar-refractivity contribution in [2.45, 2.75) is 63.5 Å². The quantitative estimate of drug-likeness (QED) is 0.244. The van der Waals surface area contributed by atoms with Crippen molar-refractivity contribution in [2.24, 2.45) is 10.4 Å².